The summed E-state index contributed by atoms with van der Waals surface area (Å²) >= 11 is 4.69. The number of rotatable bonds is 3. The van der Waals surface area contributed by atoms with Gasteiger partial charge in [-0.3, -0.25) is 8.98 Å². The molecular formula is C4H4ClF3O4S. The lowest BCUT2D eigenvalue weighted by Gasteiger charge is -2.10. The lowest BCUT2D eigenvalue weighted by molar-refractivity contribution is -0.118. The molecule has 0 saturated heterocycles. The highest BCUT2D eigenvalue weighted by Gasteiger charge is 2.48. The molecule has 0 N–H and O–H groups in total. The summed E-state index contributed by atoms with van der Waals surface area (Å²) in [7, 11) is -5.75. The second-order valence-corrected chi connectivity index (χ2v) is 3.88. The summed E-state index contributed by atoms with van der Waals surface area (Å²) in [6.07, 6.45) is -1.85. The summed E-state index contributed by atoms with van der Waals surface area (Å²) in [5.41, 5.74) is -5.55. The SMILES string of the molecule is C[C@@H](OS(=O)(=O)C(F)(F)F)C(=O)Cl. The van der Waals surface area contributed by atoms with Crippen molar-refractivity contribution in [1.29, 1.82) is 0 Å². The Kier molecular flexibility index (Phi) is 3.71. The smallest absolute Gasteiger partial charge is 0.278 e. The maximum absolute atomic E-state index is 11.6. The Bertz CT molecular complexity index is 295. The van der Waals surface area contributed by atoms with E-state index in [0.717, 1.165) is 6.92 Å². The van der Waals surface area contributed by atoms with Crippen molar-refractivity contribution in [3.05, 3.63) is 0 Å². The molecule has 0 aliphatic rings. The molecule has 0 unspecified atom stereocenters. The van der Waals surface area contributed by atoms with Crippen LogP contribution in [0.15, 0.2) is 0 Å². The summed E-state index contributed by atoms with van der Waals surface area (Å²) in [6, 6.07) is 0. The average Bonchev–Trinajstić information content (AvgIpc) is 1.83. The summed E-state index contributed by atoms with van der Waals surface area (Å²) in [5, 5.41) is -1.33. The Morgan fingerprint density at radius 3 is 2.08 bits per heavy atom. The number of carbonyl (C=O) groups is 1. The van der Waals surface area contributed by atoms with Crippen molar-refractivity contribution in [2.45, 2.75) is 18.5 Å². The van der Waals surface area contributed by atoms with Crippen molar-refractivity contribution >= 4 is 27.0 Å². The minimum atomic E-state index is -5.75. The van der Waals surface area contributed by atoms with Gasteiger partial charge in [0, 0.05) is 0 Å². The molecule has 0 radical (unpaired) electrons. The first kappa shape index (κ1) is 12.7. The molecule has 0 bridgehead atoms. The van der Waals surface area contributed by atoms with E-state index in [0.29, 0.717) is 0 Å². The second kappa shape index (κ2) is 3.81. The number of halogens is 4. The zero-order valence-corrected chi connectivity index (χ0v) is 7.70. The van der Waals surface area contributed by atoms with E-state index in [1.807, 2.05) is 0 Å². The molecule has 0 heterocycles. The van der Waals surface area contributed by atoms with Gasteiger partial charge in [0.15, 0.2) is 0 Å². The van der Waals surface area contributed by atoms with Crippen molar-refractivity contribution in [3.8, 4) is 0 Å². The standard InChI is InChI=1S/C4H4ClF3O4S/c1-2(3(5)9)12-13(10,11)4(6,7)8/h2H,1H3/t2-/m1/s1. The summed E-state index contributed by atoms with van der Waals surface area (Å²) in [4.78, 5) is 10.2. The van der Waals surface area contributed by atoms with E-state index in [1.54, 1.807) is 0 Å². The summed E-state index contributed by atoms with van der Waals surface area (Å²) in [6.45, 7) is 0.790. The summed E-state index contributed by atoms with van der Waals surface area (Å²) < 4.78 is 58.6. The first-order valence-corrected chi connectivity index (χ1v) is 4.55. The van der Waals surface area contributed by atoms with Crippen LogP contribution in [0.4, 0.5) is 13.2 Å². The predicted octanol–water partition coefficient (Wildman–Crippen LogP) is 1.01. The Hall–Kier alpha value is -0.340. The Labute approximate surface area is 76.7 Å². The zero-order chi connectivity index (χ0) is 10.9. The molecule has 0 aromatic rings. The van der Waals surface area contributed by atoms with Gasteiger partial charge in [-0.05, 0) is 18.5 Å². The van der Waals surface area contributed by atoms with Crippen LogP contribution in [0.2, 0.25) is 0 Å². The number of alkyl halides is 3. The van der Waals surface area contributed by atoms with Gasteiger partial charge in [0.05, 0.1) is 0 Å². The quantitative estimate of drug-likeness (QED) is 0.420. The molecule has 0 fully saturated rings. The highest BCUT2D eigenvalue weighted by Crippen LogP contribution is 2.25. The second-order valence-electron chi connectivity index (χ2n) is 1.94. The normalized spacial score (nSPS) is 15.5. The predicted molar refractivity (Wildman–Crippen MR) is 36.4 cm³/mol. The minimum absolute atomic E-state index is 0.790. The minimum Gasteiger partial charge on any atom is -0.278 e. The molecule has 0 aliphatic carbocycles. The van der Waals surface area contributed by atoms with Crippen LogP contribution >= 0.6 is 11.6 Å². The van der Waals surface area contributed by atoms with Crippen LogP contribution in [0.5, 0.6) is 0 Å². The van der Waals surface area contributed by atoms with Crippen molar-refractivity contribution < 1.29 is 30.6 Å². The van der Waals surface area contributed by atoms with Crippen molar-refractivity contribution in [2.75, 3.05) is 0 Å². The topological polar surface area (TPSA) is 60.4 Å². The van der Waals surface area contributed by atoms with Gasteiger partial charge >= 0.3 is 15.6 Å². The van der Waals surface area contributed by atoms with Crippen LogP contribution in [-0.4, -0.2) is 25.3 Å². The van der Waals surface area contributed by atoms with Crippen molar-refractivity contribution in [2.24, 2.45) is 0 Å². The average molecular weight is 241 g/mol. The van der Waals surface area contributed by atoms with Gasteiger partial charge in [0.2, 0.25) is 0 Å². The molecule has 0 rings (SSSR count). The highest BCUT2D eigenvalue weighted by molar-refractivity contribution is 7.87. The zero-order valence-electron chi connectivity index (χ0n) is 6.13. The maximum atomic E-state index is 11.6. The van der Waals surface area contributed by atoms with Gasteiger partial charge in [0.1, 0.15) is 6.10 Å². The van der Waals surface area contributed by atoms with Gasteiger partial charge in [-0.15, -0.1) is 0 Å². The van der Waals surface area contributed by atoms with Gasteiger partial charge in [0.25, 0.3) is 5.24 Å². The van der Waals surface area contributed by atoms with Gasteiger partial charge in [-0.25, -0.2) is 0 Å². The van der Waals surface area contributed by atoms with Crippen LogP contribution in [0.1, 0.15) is 6.92 Å². The Morgan fingerprint density at radius 1 is 1.46 bits per heavy atom. The third-order valence-corrected chi connectivity index (χ3v) is 2.29. The van der Waals surface area contributed by atoms with Gasteiger partial charge in [-0.1, -0.05) is 0 Å². The van der Waals surface area contributed by atoms with Crippen LogP contribution in [0, 0.1) is 0 Å². The van der Waals surface area contributed by atoms with E-state index in [2.05, 4.69) is 15.8 Å². The number of hydrogen-bond acceptors (Lipinski definition) is 4. The summed E-state index contributed by atoms with van der Waals surface area (Å²) in [5.74, 6) is 0. The van der Waals surface area contributed by atoms with Crippen molar-refractivity contribution in [3.63, 3.8) is 0 Å². The van der Waals surface area contributed by atoms with E-state index >= 15 is 0 Å². The Morgan fingerprint density at radius 2 is 1.85 bits per heavy atom. The highest BCUT2D eigenvalue weighted by atomic mass is 35.5. The Balaban J connectivity index is 4.64. The molecule has 4 nitrogen and oxygen atoms in total. The molecule has 9 heteroatoms. The third kappa shape index (κ3) is 3.49. The maximum Gasteiger partial charge on any atom is 0.523 e. The number of hydrogen-bond donors (Lipinski definition) is 0. The van der Waals surface area contributed by atoms with E-state index in [-0.39, 0.29) is 0 Å². The molecular weight excluding hydrogens is 237 g/mol. The fraction of sp³-hybridized carbons (Fsp3) is 0.750. The monoisotopic (exact) mass is 240 g/mol. The first-order chi connectivity index (χ1) is 5.58. The molecule has 0 amide bonds. The van der Waals surface area contributed by atoms with Crippen LogP contribution in [0.25, 0.3) is 0 Å². The van der Waals surface area contributed by atoms with E-state index in [4.69, 9.17) is 0 Å². The molecule has 0 aromatic heterocycles. The van der Waals surface area contributed by atoms with E-state index < -0.39 is 27.0 Å². The van der Waals surface area contributed by atoms with Crippen molar-refractivity contribution in [1.82, 2.24) is 0 Å². The van der Waals surface area contributed by atoms with E-state index in [1.165, 1.54) is 0 Å². The lowest BCUT2D eigenvalue weighted by atomic mass is 10.5. The molecule has 0 aromatic carbocycles. The van der Waals surface area contributed by atoms with E-state index in [9.17, 15) is 26.4 Å². The molecule has 1 atom stereocenters. The van der Waals surface area contributed by atoms with Gasteiger partial charge in [-0.2, -0.15) is 21.6 Å². The molecule has 78 valence electrons. The number of carbonyl (C=O) groups excluding carboxylic acids is 1. The third-order valence-electron chi connectivity index (χ3n) is 0.874. The van der Waals surface area contributed by atoms with Crippen LogP contribution < -0.4 is 0 Å². The largest absolute Gasteiger partial charge is 0.523 e. The fourth-order valence-corrected chi connectivity index (χ4v) is 0.956. The van der Waals surface area contributed by atoms with Crippen LogP contribution in [-0.2, 0) is 19.1 Å². The molecule has 0 spiro atoms. The van der Waals surface area contributed by atoms with Crippen LogP contribution in [0.3, 0.4) is 0 Å². The fourth-order valence-electron chi connectivity index (χ4n) is 0.282. The molecule has 0 saturated carbocycles. The van der Waals surface area contributed by atoms with Gasteiger partial charge < -0.3 is 0 Å². The molecule has 13 heavy (non-hydrogen) atoms. The molecule has 0 aliphatic heterocycles. The lowest BCUT2D eigenvalue weighted by Crippen LogP contribution is -2.31. The first-order valence-electron chi connectivity index (χ1n) is 2.77.